The van der Waals surface area contributed by atoms with Crippen LogP contribution in [0, 0.1) is 16.7 Å². The van der Waals surface area contributed by atoms with Crippen LogP contribution in [-0.4, -0.2) is 23.7 Å². The summed E-state index contributed by atoms with van der Waals surface area (Å²) < 4.78 is 5.21. The Balaban J connectivity index is 0. The smallest absolute Gasteiger partial charge is 0.311 e. The molecule has 0 aliphatic rings. The van der Waals surface area contributed by atoms with Gasteiger partial charge in [-0.3, -0.25) is 9.59 Å². The van der Waals surface area contributed by atoms with Crippen molar-refractivity contribution in [1.29, 1.82) is 0 Å². The second-order valence-corrected chi connectivity index (χ2v) is 12.1. The first-order chi connectivity index (χ1) is 15.8. The van der Waals surface area contributed by atoms with E-state index in [9.17, 15) is 9.59 Å². The maximum atomic E-state index is 11.5. The van der Waals surface area contributed by atoms with Crippen molar-refractivity contribution >= 4 is 11.9 Å². The first kappa shape index (κ1) is 35.1. The number of carbonyl (C=O) groups is 2. The van der Waals surface area contributed by atoms with Gasteiger partial charge in [0.15, 0.2) is 0 Å². The molecule has 0 fully saturated rings. The zero-order valence-corrected chi connectivity index (χ0v) is 24.3. The largest absolute Gasteiger partial charge is 0.481 e. The molecule has 4 nitrogen and oxygen atoms in total. The maximum Gasteiger partial charge on any atom is 0.311 e. The summed E-state index contributed by atoms with van der Waals surface area (Å²) in [6.07, 6.45) is 19.8. The average Bonchev–Trinajstić information content (AvgIpc) is 2.73. The fraction of sp³-hybridized carbons (Fsp3) is 0.933. The number of unbranched alkanes of at least 4 members (excludes halogenated alkanes) is 12. The molecule has 0 saturated heterocycles. The van der Waals surface area contributed by atoms with Crippen LogP contribution in [0.1, 0.15) is 158 Å². The van der Waals surface area contributed by atoms with E-state index in [1.165, 1.54) is 83.5 Å². The molecule has 0 spiro atoms. The second kappa shape index (κ2) is 21.2. The molecule has 0 radical (unpaired) electrons. The highest BCUT2D eigenvalue weighted by Crippen LogP contribution is 2.24. The zero-order chi connectivity index (χ0) is 26.5. The van der Waals surface area contributed by atoms with Crippen molar-refractivity contribution in [2.45, 2.75) is 158 Å². The van der Waals surface area contributed by atoms with Gasteiger partial charge in [-0.1, -0.05) is 111 Å². The van der Waals surface area contributed by atoms with Gasteiger partial charge in [0, 0.05) is 0 Å². The molecule has 4 heteroatoms. The molecule has 0 atom stereocenters. The Hall–Kier alpha value is -1.06. The third kappa shape index (κ3) is 24.1. The van der Waals surface area contributed by atoms with Gasteiger partial charge in [-0.25, -0.2) is 0 Å². The minimum Gasteiger partial charge on any atom is -0.481 e. The molecule has 0 amide bonds. The molecule has 0 aliphatic carbocycles. The lowest BCUT2D eigenvalue weighted by Crippen LogP contribution is -2.23. The zero-order valence-electron chi connectivity index (χ0n) is 24.3. The predicted octanol–water partition coefficient (Wildman–Crippen LogP) is 9.59. The van der Waals surface area contributed by atoms with Gasteiger partial charge in [-0.05, 0) is 53.4 Å². The number of hydrogen-bond acceptors (Lipinski definition) is 3. The quantitative estimate of drug-likeness (QED) is 0.146. The molecule has 34 heavy (non-hydrogen) atoms. The fourth-order valence-electron chi connectivity index (χ4n) is 3.55. The lowest BCUT2D eigenvalue weighted by atomic mass is 9.87. The number of ether oxygens (including phenoxy) is 1. The SMILES string of the molecule is CC(C)CCCCCCCOC(=O)C(C)(C)C.CCCCCCCCCCCC(C)(C)C(=O)O. The second-order valence-electron chi connectivity index (χ2n) is 12.1. The average molecular weight is 485 g/mol. The first-order valence-electron chi connectivity index (χ1n) is 14.2. The summed E-state index contributed by atoms with van der Waals surface area (Å²) in [6, 6.07) is 0. The molecular formula is C30H60O4. The highest BCUT2D eigenvalue weighted by atomic mass is 16.5. The highest BCUT2D eigenvalue weighted by molar-refractivity contribution is 5.75. The van der Waals surface area contributed by atoms with E-state index in [0.717, 1.165) is 25.2 Å². The molecule has 0 aromatic rings. The van der Waals surface area contributed by atoms with E-state index >= 15 is 0 Å². The summed E-state index contributed by atoms with van der Waals surface area (Å²) in [5, 5.41) is 8.96. The topological polar surface area (TPSA) is 63.6 Å². The molecule has 0 aromatic heterocycles. The molecule has 0 unspecified atom stereocenters. The monoisotopic (exact) mass is 484 g/mol. The van der Waals surface area contributed by atoms with Gasteiger partial charge in [0.05, 0.1) is 17.4 Å². The van der Waals surface area contributed by atoms with Crippen molar-refractivity contribution in [2.24, 2.45) is 16.7 Å². The van der Waals surface area contributed by atoms with E-state index in [2.05, 4.69) is 20.8 Å². The number of esters is 1. The third-order valence-electron chi connectivity index (χ3n) is 6.26. The summed E-state index contributed by atoms with van der Waals surface area (Å²) in [5.74, 6) is 0.0668. The van der Waals surface area contributed by atoms with Crippen LogP contribution >= 0.6 is 0 Å². The summed E-state index contributed by atoms with van der Waals surface area (Å²) in [7, 11) is 0. The lowest BCUT2D eigenvalue weighted by molar-refractivity contribution is -0.153. The van der Waals surface area contributed by atoms with Gasteiger partial charge < -0.3 is 9.84 Å². The number of carboxylic acid groups (broad SMARTS) is 1. The molecule has 0 bridgehead atoms. The Morgan fingerprint density at radius 3 is 1.59 bits per heavy atom. The van der Waals surface area contributed by atoms with Crippen LogP contribution in [0.4, 0.5) is 0 Å². The van der Waals surface area contributed by atoms with Crippen LogP contribution in [0.2, 0.25) is 0 Å². The van der Waals surface area contributed by atoms with Crippen LogP contribution in [0.25, 0.3) is 0 Å². The molecule has 0 rings (SSSR count). The summed E-state index contributed by atoms with van der Waals surface area (Å²) in [4.78, 5) is 22.3. The first-order valence-corrected chi connectivity index (χ1v) is 14.2. The summed E-state index contributed by atoms with van der Waals surface area (Å²) >= 11 is 0. The van der Waals surface area contributed by atoms with E-state index in [1.54, 1.807) is 0 Å². The fourth-order valence-corrected chi connectivity index (χ4v) is 3.55. The van der Waals surface area contributed by atoms with E-state index < -0.39 is 11.4 Å². The Kier molecular flexibility index (Phi) is 21.9. The molecule has 204 valence electrons. The van der Waals surface area contributed by atoms with Crippen molar-refractivity contribution < 1.29 is 19.4 Å². The summed E-state index contributed by atoms with van der Waals surface area (Å²) in [5.41, 5.74) is -0.904. The van der Waals surface area contributed by atoms with Gasteiger partial charge in [0.25, 0.3) is 0 Å². The van der Waals surface area contributed by atoms with E-state index in [-0.39, 0.29) is 11.4 Å². The number of hydrogen-bond donors (Lipinski definition) is 1. The van der Waals surface area contributed by atoms with E-state index in [1.807, 2.05) is 34.6 Å². The van der Waals surface area contributed by atoms with Gasteiger partial charge in [0.1, 0.15) is 0 Å². The number of aliphatic carboxylic acids is 1. The minimum atomic E-state index is -0.669. The Labute approximate surface area is 213 Å². The van der Waals surface area contributed by atoms with Crippen molar-refractivity contribution in [2.75, 3.05) is 6.61 Å². The van der Waals surface area contributed by atoms with E-state index in [0.29, 0.717) is 6.61 Å². The van der Waals surface area contributed by atoms with Crippen molar-refractivity contribution in [3.05, 3.63) is 0 Å². The Morgan fingerprint density at radius 2 is 1.15 bits per heavy atom. The van der Waals surface area contributed by atoms with Gasteiger partial charge in [0.2, 0.25) is 0 Å². The third-order valence-corrected chi connectivity index (χ3v) is 6.26. The van der Waals surface area contributed by atoms with Gasteiger partial charge in [-0.15, -0.1) is 0 Å². The Bertz CT molecular complexity index is 489. The highest BCUT2D eigenvalue weighted by Gasteiger charge is 2.25. The van der Waals surface area contributed by atoms with Crippen molar-refractivity contribution in [1.82, 2.24) is 0 Å². The molecule has 0 heterocycles. The Morgan fingerprint density at radius 1 is 0.706 bits per heavy atom. The van der Waals surface area contributed by atoms with Gasteiger partial charge in [-0.2, -0.15) is 0 Å². The van der Waals surface area contributed by atoms with Crippen LogP contribution in [0.5, 0.6) is 0 Å². The standard InChI is InChI=1S/2C15H30O2/c1-13(2)11-9-7-6-8-10-12-17-14(16)15(3,4)5;1-4-5-6-7-8-9-10-11-12-13-15(2,3)14(16)17/h13H,6-12H2,1-5H3;4-13H2,1-3H3,(H,16,17). The number of carbonyl (C=O) groups excluding carboxylic acids is 1. The normalized spacial score (nSPS) is 11.8. The molecule has 0 saturated carbocycles. The van der Waals surface area contributed by atoms with Crippen molar-refractivity contribution in [3.63, 3.8) is 0 Å². The number of carboxylic acids is 1. The summed E-state index contributed by atoms with van der Waals surface area (Å²) in [6.45, 7) is 16.7. The lowest BCUT2D eigenvalue weighted by Gasteiger charge is -2.18. The van der Waals surface area contributed by atoms with E-state index in [4.69, 9.17) is 9.84 Å². The van der Waals surface area contributed by atoms with Crippen LogP contribution in [0.15, 0.2) is 0 Å². The van der Waals surface area contributed by atoms with Gasteiger partial charge >= 0.3 is 11.9 Å². The minimum absolute atomic E-state index is 0.0858. The molecule has 0 aliphatic heterocycles. The van der Waals surface area contributed by atoms with Crippen LogP contribution in [-0.2, 0) is 14.3 Å². The van der Waals surface area contributed by atoms with Crippen LogP contribution < -0.4 is 0 Å². The number of rotatable bonds is 19. The van der Waals surface area contributed by atoms with Crippen LogP contribution in [0.3, 0.4) is 0 Å². The molecular weight excluding hydrogens is 424 g/mol. The predicted molar refractivity (Wildman–Crippen MR) is 146 cm³/mol. The maximum absolute atomic E-state index is 11.5. The van der Waals surface area contributed by atoms with Crippen molar-refractivity contribution in [3.8, 4) is 0 Å². The molecule has 0 aromatic carbocycles. The molecule has 1 N–H and O–H groups in total.